The number of rotatable bonds is 8. The zero-order valence-corrected chi connectivity index (χ0v) is 17.2. The zero-order valence-electron chi connectivity index (χ0n) is 17.2. The molecule has 0 bridgehead atoms. The van der Waals surface area contributed by atoms with Gasteiger partial charge < -0.3 is 14.8 Å². The van der Waals surface area contributed by atoms with Crippen molar-refractivity contribution in [1.82, 2.24) is 14.8 Å². The first kappa shape index (κ1) is 19.9. The molecule has 148 valence electrons. The summed E-state index contributed by atoms with van der Waals surface area (Å²) in [7, 11) is 2.09. The molecule has 2 aromatic rings. The molecule has 2 heterocycles. The van der Waals surface area contributed by atoms with E-state index >= 15 is 0 Å². The number of amides is 1. The van der Waals surface area contributed by atoms with E-state index in [-0.39, 0.29) is 5.91 Å². The molecule has 1 aliphatic rings. The van der Waals surface area contributed by atoms with Crippen LogP contribution in [-0.4, -0.2) is 41.6 Å². The third kappa shape index (κ3) is 5.58. The molecule has 1 aromatic heterocycles. The van der Waals surface area contributed by atoms with Crippen LogP contribution in [-0.2, 0) is 18.3 Å². The van der Waals surface area contributed by atoms with Crippen LogP contribution in [0.5, 0.6) is 0 Å². The number of carbonyl (C=O) groups excluding carboxylic acids is 1. The van der Waals surface area contributed by atoms with Gasteiger partial charge in [-0.05, 0) is 55.7 Å². The Morgan fingerprint density at radius 3 is 2.67 bits per heavy atom. The molecule has 1 amide bonds. The maximum absolute atomic E-state index is 12.1. The Hall–Kier alpha value is -1.81. The molecule has 0 saturated carbocycles. The first-order valence-corrected chi connectivity index (χ1v) is 10.5. The van der Waals surface area contributed by atoms with E-state index in [4.69, 9.17) is 0 Å². The molecule has 2 unspecified atom stereocenters. The van der Waals surface area contributed by atoms with Crippen LogP contribution in [0.3, 0.4) is 0 Å². The number of fused-ring (bicyclic) bond motifs is 1. The molecule has 2 atom stereocenters. The fourth-order valence-electron chi connectivity index (χ4n) is 4.66. The molecule has 27 heavy (non-hydrogen) atoms. The van der Waals surface area contributed by atoms with Crippen LogP contribution in [0, 0.1) is 11.8 Å². The van der Waals surface area contributed by atoms with Crippen molar-refractivity contribution in [2.24, 2.45) is 18.9 Å². The van der Waals surface area contributed by atoms with Crippen molar-refractivity contribution in [1.29, 1.82) is 0 Å². The zero-order chi connectivity index (χ0) is 19.2. The molecule has 4 heteroatoms. The number of aryl methyl sites for hydroxylation is 2. The fraction of sp³-hybridized carbons (Fsp3) is 0.609. The lowest BCUT2D eigenvalue weighted by molar-refractivity contribution is -0.121. The number of hydrogen-bond acceptors (Lipinski definition) is 2. The van der Waals surface area contributed by atoms with E-state index in [1.165, 1.54) is 36.0 Å². The minimum atomic E-state index is 0.190. The number of nitrogens with zero attached hydrogens (tertiary/aromatic N) is 2. The van der Waals surface area contributed by atoms with Crippen LogP contribution in [0.1, 0.15) is 45.1 Å². The maximum Gasteiger partial charge on any atom is 0.220 e. The van der Waals surface area contributed by atoms with Gasteiger partial charge in [0, 0.05) is 50.2 Å². The highest BCUT2D eigenvalue weighted by Crippen LogP contribution is 2.22. The van der Waals surface area contributed by atoms with Crippen LogP contribution in [0.4, 0.5) is 0 Å². The van der Waals surface area contributed by atoms with E-state index in [1.807, 2.05) is 0 Å². The quantitative estimate of drug-likeness (QED) is 0.715. The minimum absolute atomic E-state index is 0.190. The summed E-state index contributed by atoms with van der Waals surface area (Å²) < 4.78 is 2.17. The Balaban J connectivity index is 1.33. The largest absolute Gasteiger partial charge is 0.356 e. The van der Waals surface area contributed by atoms with Gasteiger partial charge in [0.25, 0.3) is 0 Å². The van der Waals surface area contributed by atoms with Gasteiger partial charge in [0.1, 0.15) is 0 Å². The van der Waals surface area contributed by atoms with Crippen molar-refractivity contribution in [3.63, 3.8) is 0 Å². The van der Waals surface area contributed by atoms with Gasteiger partial charge in [0.15, 0.2) is 0 Å². The average molecular weight is 370 g/mol. The van der Waals surface area contributed by atoms with E-state index < -0.39 is 0 Å². The summed E-state index contributed by atoms with van der Waals surface area (Å²) in [5, 5.41) is 4.41. The van der Waals surface area contributed by atoms with Gasteiger partial charge in [-0.2, -0.15) is 0 Å². The Morgan fingerprint density at radius 1 is 1.15 bits per heavy atom. The summed E-state index contributed by atoms with van der Waals surface area (Å²) in [5.41, 5.74) is 2.60. The normalized spacial score (nSPS) is 20.9. The van der Waals surface area contributed by atoms with Crippen molar-refractivity contribution < 1.29 is 4.79 Å². The third-order valence-corrected chi connectivity index (χ3v) is 5.75. The summed E-state index contributed by atoms with van der Waals surface area (Å²) in [6, 6.07) is 8.48. The van der Waals surface area contributed by atoms with E-state index in [0.717, 1.165) is 44.2 Å². The summed E-state index contributed by atoms with van der Waals surface area (Å²) in [6.07, 6.45) is 7.07. The Morgan fingerprint density at radius 2 is 1.89 bits per heavy atom. The van der Waals surface area contributed by atoms with E-state index in [1.54, 1.807) is 0 Å². The van der Waals surface area contributed by atoms with Gasteiger partial charge in [-0.1, -0.05) is 32.0 Å². The molecule has 1 aromatic carbocycles. The summed E-state index contributed by atoms with van der Waals surface area (Å²) in [6.45, 7) is 9.02. The highest BCUT2D eigenvalue weighted by Gasteiger charge is 2.21. The lowest BCUT2D eigenvalue weighted by Gasteiger charge is -2.34. The van der Waals surface area contributed by atoms with Crippen LogP contribution >= 0.6 is 0 Å². The summed E-state index contributed by atoms with van der Waals surface area (Å²) in [4.78, 5) is 14.7. The molecular formula is C23H35N3O. The molecule has 3 rings (SSSR count). The number of nitrogens with one attached hydrogen (secondary N) is 1. The van der Waals surface area contributed by atoms with Crippen molar-refractivity contribution in [3.8, 4) is 0 Å². The lowest BCUT2D eigenvalue weighted by atomic mass is 9.92. The van der Waals surface area contributed by atoms with E-state index in [9.17, 15) is 4.79 Å². The van der Waals surface area contributed by atoms with Crippen molar-refractivity contribution in [3.05, 3.63) is 36.0 Å². The Kier molecular flexibility index (Phi) is 6.95. The van der Waals surface area contributed by atoms with Gasteiger partial charge >= 0.3 is 0 Å². The van der Waals surface area contributed by atoms with Gasteiger partial charge in [-0.15, -0.1) is 0 Å². The molecular weight excluding hydrogens is 334 g/mol. The van der Waals surface area contributed by atoms with Gasteiger partial charge in [-0.3, -0.25) is 4.79 Å². The number of hydrogen-bond donors (Lipinski definition) is 1. The van der Waals surface area contributed by atoms with Crippen LogP contribution in [0.25, 0.3) is 10.9 Å². The summed E-state index contributed by atoms with van der Waals surface area (Å²) in [5.74, 6) is 1.80. The van der Waals surface area contributed by atoms with E-state index in [0.29, 0.717) is 6.42 Å². The molecule has 1 aliphatic heterocycles. The fourth-order valence-corrected chi connectivity index (χ4v) is 4.66. The minimum Gasteiger partial charge on any atom is -0.356 e. The van der Waals surface area contributed by atoms with Crippen molar-refractivity contribution in [2.75, 3.05) is 26.2 Å². The average Bonchev–Trinajstić information content (AvgIpc) is 2.94. The number of aromatic nitrogens is 1. The number of likely N-dealkylation sites (tertiary alicyclic amines) is 1. The number of para-hydroxylation sites is 1. The van der Waals surface area contributed by atoms with Crippen molar-refractivity contribution in [2.45, 2.75) is 46.0 Å². The first-order valence-electron chi connectivity index (χ1n) is 10.5. The SMILES string of the molecule is CC1CC(C)CN(CCCNC(=O)CCCc2cn(C)c3ccccc23)C1. The molecule has 1 saturated heterocycles. The smallest absolute Gasteiger partial charge is 0.220 e. The van der Waals surface area contributed by atoms with Gasteiger partial charge in [0.2, 0.25) is 5.91 Å². The number of piperidine rings is 1. The number of benzene rings is 1. The second kappa shape index (κ2) is 9.41. The standard InChI is InChI=1S/C23H35N3O/c1-18-14-19(2)16-26(15-18)13-7-12-24-23(27)11-6-8-20-17-25(3)22-10-5-4-9-21(20)22/h4-5,9-10,17-19H,6-8,11-16H2,1-3H3,(H,24,27). The third-order valence-electron chi connectivity index (χ3n) is 5.75. The highest BCUT2D eigenvalue weighted by atomic mass is 16.1. The highest BCUT2D eigenvalue weighted by molar-refractivity contribution is 5.84. The molecule has 1 N–H and O–H groups in total. The van der Waals surface area contributed by atoms with Crippen molar-refractivity contribution >= 4 is 16.8 Å². The second-order valence-electron chi connectivity index (χ2n) is 8.55. The first-order chi connectivity index (χ1) is 13.0. The molecule has 0 radical (unpaired) electrons. The maximum atomic E-state index is 12.1. The van der Waals surface area contributed by atoms with Gasteiger partial charge in [0.05, 0.1) is 0 Å². The summed E-state index contributed by atoms with van der Waals surface area (Å²) >= 11 is 0. The Labute approximate surface area is 163 Å². The second-order valence-corrected chi connectivity index (χ2v) is 8.55. The topological polar surface area (TPSA) is 37.3 Å². The number of carbonyl (C=O) groups is 1. The van der Waals surface area contributed by atoms with Crippen LogP contribution in [0.15, 0.2) is 30.5 Å². The van der Waals surface area contributed by atoms with E-state index in [2.05, 4.69) is 66.1 Å². The monoisotopic (exact) mass is 369 g/mol. The predicted octanol–water partition coefficient (Wildman–Crippen LogP) is 3.99. The lowest BCUT2D eigenvalue weighted by Crippen LogP contribution is -2.40. The molecule has 0 aliphatic carbocycles. The van der Waals surface area contributed by atoms with Crippen LogP contribution < -0.4 is 5.32 Å². The van der Waals surface area contributed by atoms with Crippen LogP contribution in [0.2, 0.25) is 0 Å². The Bertz CT molecular complexity index is 741. The molecule has 4 nitrogen and oxygen atoms in total. The molecule has 1 fully saturated rings. The molecule has 0 spiro atoms. The predicted molar refractivity (Wildman–Crippen MR) is 113 cm³/mol. The van der Waals surface area contributed by atoms with Gasteiger partial charge in [-0.25, -0.2) is 0 Å².